The van der Waals surface area contributed by atoms with Crippen molar-refractivity contribution in [1.82, 2.24) is 5.32 Å². The van der Waals surface area contributed by atoms with Crippen LogP contribution in [-0.2, 0) is 16.1 Å². The molecule has 0 atom stereocenters. The van der Waals surface area contributed by atoms with Crippen LogP contribution in [0.4, 0.5) is 5.00 Å². The lowest BCUT2D eigenvalue weighted by Crippen LogP contribution is -2.22. The summed E-state index contributed by atoms with van der Waals surface area (Å²) in [4.78, 5) is 36.1. The molecule has 24 heavy (non-hydrogen) atoms. The molecule has 2 amide bonds. The first-order chi connectivity index (χ1) is 11.4. The highest BCUT2D eigenvalue weighted by molar-refractivity contribution is 7.18. The van der Waals surface area contributed by atoms with E-state index < -0.39 is 5.97 Å². The Bertz CT molecular complexity index is 768. The van der Waals surface area contributed by atoms with Gasteiger partial charge in [-0.05, 0) is 18.1 Å². The average Bonchev–Trinajstić information content (AvgIpc) is 2.88. The molecule has 0 fully saturated rings. The van der Waals surface area contributed by atoms with Crippen LogP contribution in [-0.4, -0.2) is 24.9 Å². The summed E-state index contributed by atoms with van der Waals surface area (Å²) in [6, 6.07) is 9.50. The summed E-state index contributed by atoms with van der Waals surface area (Å²) >= 11 is 1.06. The van der Waals surface area contributed by atoms with Crippen molar-refractivity contribution in [2.45, 2.75) is 20.4 Å². The van der Waals surface area contributed by atoms with E-state index in [0.29, 0.717) is 22.0 Å². The molecule has 0 saturated heterocycles. The number of benzene rings is 1. The number of carbonyl (C=O) groups is 3. The first kappa shape index (κ1) is 17.7. The van der Waals surface area contributed by atoms with E-state index in [1.165, 1.54) is 14.0 Å². The van der Waals surface area contributed by atoms with Crippen LogP contribution in [0, 0.1) is 6.92 Å². The molecule has 0 aliphatic carbocycles. The first-order valence-electron chi connectivity index (χ1n) is 7.25. The molecule has 0 radical (unpaired) electrons. The van der Waals surface area contributed by atoms with Gasteiger partial charge in [-0.2, -0.15) is 0 Å². The SMILES string of the molecule is COC(=O)c1c(NC(C)=O)sc(C(=O)NCc2ccccc2)c1C. The summed E-state index contributed by atoms with van der Waals surface area (Å²) in [7, 11) is 1.26. The number of esters is 1. The van der Waals surface area contributed by atoms with Crippen molar-refractivity contribution >= 4 is 34.1 Å². The second-order valence-corrected chi connectivity index (χ2v) is 6.12. The molecular weight excluding hydrogens is 328 g/mol. The predicted octanol–water partition coefficient (Wildman–Crippen LogP) is 2.73. The van der Waals surface area contributed by atoms with Gasteiger partial charge in [-0.3, -0.25) is 9.59 Å². The zero-order valence-corrected chi connectivity index (χ0v) is 14.5. The van der Waals surface area contributed by atoms with Crippen molar-refractivity contribution in [1.29, 1.82) is 0 Å². The summed E-state index contributed by atoms with van der Waals surface area (Å²) in [5.41, 5.74) is 1.67. The van der Waals surface area contributed by atoms with Crippen molar-refractivity contribution < 1.29 is 19.1 Å². The van der Waals surface area contributed by atoms with Gasteiger partial charge < -0.3 is 15.4 Å². The second kappa shape index (κ2) is 7.74. The van der Waals surface area contributed by atoms with Crippen molar-refractivity contribution in [3.05, 3.63) is 51.9 Å². The molecule has 0 unspecified atom stereocenters. The zero-order chi connectivity index (χ0) is 17.7. The second-order valence-electron chi connectivity index (χ2n) is 5.10. The Morgan fingerprint density at radius 2 is 1.83 bits per heavy atom. The normalized spacial score (nSPS) is 10.1. The minimum Gasteiger partial charge on any atom is -0.465 e. The Hall–Kier alpha value is -2.67. The third-order valence-corrected chi connectivity index (χ3v) is 4.53. The topological polar surface area (TPSA) is 84.5 Å². The third kappa shape index (κ3) is 3.99. The lowest BCUT2D eigenvalue weighted by atomic mass is 10.1. The van der Waals surface area contributed by atoms with Crippen LogP contribution in [0.5, 0.6) is 0 Å². The summed E-state index contributed by atoms with van der Waals surface area (Å²) in [5.74, 6) is -1.21. The molecule has 2 N–H and O–H groups in total. The highest BCUT2D eigenvalue weighted by Gasteiger charge is 2.25. The molecular formula is C17H18N2O4S. The lowest BCUT2D eigenvalue weighted by molar-refractivity contribution is -0.114. The van der Waals surface area contributed by atoms with Gasteiger partial charge in [0.2, 0.25) is 5.91 Å². The molecule has 2 aromatic rings. The van der Waals surface area contributed by atoms with Crippen molar-refractivity contribution in [2.24, 2.45) is 0 Å². The summed E-state index contributed by atoms with van der Waals surface area (Å²) < 4.78 is 4.75. The zero-order valence-electron chi connectivity index (χ0n) is 13.6. The van der Waals surface area contributed by atoms with Gasteiger partial charge in [-0.15, -0.1) is 11.3 Å². The fourth-order valence-electron chi connectivity index (χ4n) is 2.18. The van der Waals surface area contributed by atoms with Crippen LogP contribution >= 0.6 is 11.3 Å². The highest BCUT2D eigenvalue weighted by Crippen LogP contribution is 2.33. The molecule has 0 aliphatic heterocycles. The number of hydrogen-bond donors (Lipinski definition) is 2. The van der Waals surface area contributed by atoms with Crippen LogP contribution in [0.15, 0.2) is 30.3 Å². The van der Waals surface area contributed by atoms with Gasteiger partial charge in [0.05, 0.1) is 17.6 Å². The standard InChI is InChI=1S/C17H18N2O4S/c1-10-13(17(22)23-3)16(19-11(2)20)24-14(10)15(21)18-9-12-7-5-4-6-8-12/h4-8H,9H2,1-3H3,(H,18,21)(H,19,20). The Kier molecular flexibility index (Phi) is 5.70. The van der Waals surface area contributed by atoms with Gasteiger partial charge >= 0.3 is 5.97 Å². The average molecular weight is 346 g/mol. The molecule has 0 saturated carbocycles. The van der Waals surface area contributed by atoms with Gasteiger partial charge in [0, 0.05) is 13.5 Å². The monoisotopic (exact) mass is 346 g/mol. The molecule has 1 aromatic carbocycles. The summed E-state index contributed by atoms with van der Waals surface area (Å²) in [6.45, 7) is 3.37. The fraction of sp³-hybridized carbons (Fsp3) is 0.235. The minimum absolute atomic E-state index is 0.211. The Morgan fingerprint density at radius 1 is 1.17 bits per heavy atom. The van der Waals surface area contributed by atoms with Crippen LogP contribution in [0.25, 0.3) is 0 Å². The molecule has 0 spiro atoms. The maximum absolute atomic E-state index is 12.4. The number of amides is 2. The van der Waals surface area contributed by atoms with E-state index in [2.05, 4.69) is 10.6 Å². The van der Waals surface area contributed by atoms with Gasteiger partial charge in [0.15, 0.2) is 0 Å². The van der Waals surface area contributed by atoms with Gasteiger partial charge in [0.1, 0.15) is 5.00 Å². The third-order valence-electron chi connectivity index (χ3n) is 3.33. The number of methoxy groups -OCH3 is 1. The maximum Gasteiger partial charge on any atom is 0.341 e. The maximum atomic E-state index is 12.4. The minimum atomic E-state index is -0.588. The molecule has 0 aliphatic rings. The van der Waals surface area contributed by atoms with E-state index in [9.17, 15) is 14.4 Å². The Balaban J connectivity index is 2.25. The number of nitrogens with one attached hydrogen (secondary N) is 2. The number of ether oxygens (including phenoxy) is 1. The molecule has 2 rings (SSSR count). The lowest BCUT2D eigenvalue weighted by Gasteiger charge is -2.05. The Morgan fingerprint density at radius 3 is 2.42 bits per heavy atom. The molecule has 1 aromatic heterocycles. The molecule has 0 bridgehead atoms. The molecule has 126 valence electrons. The number of thiophene rings is 1. The highest BCUT2D eigenvalue weighted by atomic mass is 32.1. The van der Waals surface area contributed by atoms with Crippen molar-refractivity contribution in [3.63, 3.8) is 0 Å². The van der Waals surface area contributed by atoms with E-state index >= 15 is 0 Å². The first-order valence-corrected chi connectivity index (χ1v) is 8.07. The number of hydrogen-bond acceptors (Lipinski definition) is 5. The quantitative estimate of drug-likeness (QED) is 0.815. The van der Waals surface area contributed by atoms with Crippen LogP contribution in [0.3, 0.4) is 0 Å². The molecule has 6 nitrogen and oxygen atoms in total. The van der Waals surface area contributed by atoms with Gasteiger partial charge in [0.25, 0.3) is 5.91 Å². The van der Waals surface area contributed by atoms with E-state index in [1.807, 2.05) is 30.3 Å². The van der Waals surface area contributed by atoms with E-state index in [4.69, 9.17) is 4.74 Å². The largest absolute Gasteiger partial charge is 0.465 e. The van der Waals surface area contributed by atoms with Crippen LogP contribution in [0.2, 0.25) is 0 Å². The van der Waals surface area contributed by atoms with E-state index in [-0.39, 0.29) is 17.4 Å². The summed E-state index contributed by atoms with van der Waals surface area (Å²) in [5, 5.41) is 5.71. The number of carbonyl (C=O) groups excluding carboxylic acids is 3. The van der Waals surface area contributed by atoms with Gasteiger partial charge in [-0.1, -0.05) is 30.3 Å². The predicted molar refractivity (Wildman–Crippen MR) is 92.3 cm³/mol. The Labute approximate surface area is 143 Å². The fourth-order valence-corrected chi connectivity index (χ4v) is 3.34. The van der Waals surface area contributed by atoms with Crippen molar-refractivity contribution in [2.75, 3.05) is 12.4 Å². The smallest absolute Gasteiger partial charge is 0.341 e. The van der Waals surface area contributed by atoms with Crippen molar-refractivity contribution in [3.8, 4) is 0 Å². The van der Waals surface area contributed by atoms with E-state index in [1.54, 1.807) is 6.92 Å². The molecule has 7 heteroatoms. The van der Waals surface area contributed by atoms with Crippen LogP contribution in [0.1, 0.15) is 38.1 Å². The van der Waals surface area contributed by atoms with E-state index in [0.717, 1.165) is 16.9 Å². The summed E-state index contributed by atoms with van der Waals surface area (Å²) in [6.07, 6.45) is 0. The van der Waals surface area contributed by atoms with Crippen LogP contribution < -0.4 is 10.6 Å². The molecule has 1 heterocycles. The van der Waals surface area contributed by atoms with Gasteiger partial charge in [-0.25, -0.2) is 4.79 Å². The number of rotatable bonds is 5. The number of anilines is 1.